The number of rotatable bonds is 8. The van der Waals surface area contributed by atoms with Crippen LogP contribution in [-0.4, -0.2) is 41.9 Å². The van der Waals surface area contributed by atoms with Crippen LogP contribution in [0.25, 0.3) is 0 Å². The van der Waals surface area contributed by atoms with E-state index in [-0.39, 0.29) is 41.6 Å². The van der Waals surface area contributed by atoms with E-state index in [1.165, 1.54) is 19.3 Å². The SMILES string of the molecule is CC(=O)[C@H]1CC[C@H]2[C@@H]3CC[C@H]4C[C@H](OC(=O)OCOC(=O)CC(C)CC(=O)O)CC[C@]4(C)[C@H]3CC[C@]12C. The van der Waals surface area contributed by atoms with Gasteiger partial charge in [0.15, 0.2) is 0 Å². The van der Waals surface area contributed by atoms with E-state index in [2.05, 4.69) is 13.8 Å². The molecule has 0 amide bonds. The summed E-state index contributed by atoms with van der Waals surface area (Å²) in [6.07, 6.45) is 8.35. The molecule has 0 bridgehead atoms. The van der Waals surface area contributed by atoms with Gasteiger partial charge < -0.3 is 19.3 Å². The molecule has 4 aliphatic rings. The first-order chi connectivity index (χ1) is 17.4. The van der Waals surface area contributed by atoms with Gasteiger partial charge in [0.25, 0.3) is 0 Å². The van der Waals surface area contributed by atoms with Crippen molar-refractivity contribution >= 4 is 23.9 Å². The van der Waals surface area contributed by atoms with E-state index in [0.717, 1.165) is 38.5 Å². The highest BCUT2D eigenvalue weighted by Crippen LogP contribution is 2.67. The van der Waals surface area contributed by atoms with E-state index >= 15 is 0 Å². The molecule has 0 aromatic rings. The number of carbonyl (C=O) groups is 4. The minimum absolute atomic E-state index is 0.0504. The van der Waals surface area contributed by atoms with Crippen molar-refractivity contribution in [3.8, 4) is 0 Å². The van der Waals surface area contributed by atoms with Crippen LogP contribution in [0.15, 0.2) is 0 Å². The van der Waals surface area contributed by atoms with E-state index in [0.29, 0.717) is 29.5 Å². The molecule has 208 valence electrons. The lowest BCUT2D eigenvalue weighted by Gasteiger charge is -2.61. The Kier molecular flexibility index (Phi) is 8.25. The van der Waals surface area contributed by atoms with Gasteiger partial charge in [-0.15, -0.1) is 0 Å². The Morgan fingerprint density at radius 3 is 2.30 bits per heavy atom. The van der Waals surface area contributed by atoms with Gasteiger partial charge in [-0.2, -0.15) is 0 Å². The average molecular weight is 521 g/mol. The maximum atomic E-state index is 12.4. The Morgan fingerprint density at radius 2 is 1.59 bits per heavy atom. The third kappa shape index (κ3) is 5.68. The Bertz CT molecular complexity index is 900. The molecule has 0 saturated heterocycles. The molecule has 0 spiro atoms. The Hall–Kier alpha value is -2.12. The molecule has 1 N–H and O–H groups in total. The monoisotopic (exact) mass is 520 g/mol. The lowest BCUT2D eigenvalue weighted by Crippen LogP contribution is -2.54. The third-order valence-corrected chi connectivity index (χ3v) is 10.8. The zero-order chi connectivity index (χ0) is 27.0. The minimum Gasteiger partial charge on any atom is -0.481 e. The van der Waals surface area contributed by atoms with Crippen LogP contribution in [-0.2, 0) is 28.6 Å². The second-order valence-corrected chi connectivity index (χ2v) is 12.9. The summed E-state index contributed by atoms with van der Waals surface area (Å²) in [6, 6.07) is 0. The van der Waals surface area contributed by atoms with Crippen molar-refractivity contribution in [2.24, 2.45) is 46.3 Å². The molecule has 9 atom stereocenters. The molecule has 1 unspecified atom stereocenters. The zero-order valence-electron chi connectivity index (χ0n) is 22.8. The number of esters is 1. The molecule has 4 rings (SSSR count). The number of hydrogen-bond donors (Lipinski definition) is 1. The van der Waals surface area contributed by atoms with Crippen LogP contribution < -0.4 is 0 Å². The number of Topliss-reactive ketones (excluding diaryl/α,β-unsaturated/α-hetero) is 1. The summed E-state index contributed by atoms with van der Waals surface area (Å²) < 4.78 is 15.5. The Labute approximate surface area is 220 Å². The second kappa shape index (κ2) is 10.9. The number of carboxylic acids is 1. The predicted octanol–water partition coefficient (Wildman–Crippen LogP) is 5.76. The molecule has 0 aliphatic heterocycles. The molecule has 37 heavy (non-hydrogen) atoms. The second-order valence-electron chi connectivity index (χ2n) is 12.9. The summed E-state index contributed by atoms with van der Waals surface area (Å²) in [5.74, 6) is 1.18. The number of fused-ring (bicyclic) bond motifs is 5. The molecule has 0 heterocycles. The largest absolute Gasteiger partial charge is 0.511 e. The quantitative estimate of drug-likeness (QED) is 0.317. The summed E-state index contributed by atoms with van der Waals surface area (Å²) in [6.45, 7) is 7.73. The van der Waals surface area contributed by atoms with Crippen LogP contribution in [0.5, 0.6) is 0 Å². The number of hydrogen-bond acceptors (Lipinski definition) is 7. The van der Waals surface area contributed by atoms with Gasteiger partial charge in [0.1, 0.15) is 11.9 Å². The lowest BCUT2D eigenvalue weighted by molar-refractivity contribution is -0.157. The first kappa shape index (κ1) is 27.9. The van der Waals surface area contributed by atoms with E-state index in [1.807, 2.05) is 0 Å². The fourth-order valence-electron chi connectivity index (χ4n) is 9.02. The van der Waals surface area contributed by atoms with Crippen molar-refractivity contribution in [3.05, 3.63) is 0 Å². The summed E-state index contributed by atoms with van der Waals surface area (Å²) in [4.78, 5) is 47.1. The van der Waals surface area contributed by atoms with Crippen LogP contribution in [0.3, 0.4) is 0 Å². The number of ether oxygens (including phenoxy) is 3. The summed E-state index contributed by atoms with van der Waals surface area (Å²) >= 11 is 0. The maximum absolute atomic E-state index is 12.4. The van der Waals surface area contributed by atoms with E-state index in [4.69, 9.17) is 19.3 Å². The molecular formula is C29H44O8. The summed E-state index contributed by atoms with van der Waals surface area (Å²) in [5, 5.41) is 8.77. The van der Waals surface area contributed by atoms with Crippen molar-refractivity contribution in [1.29, 1.82) is 0 Å². The third-order valence-electron chi connectivity index (χ3n) is 10.8. The molecule has 4 aliphatic carbocycles. The standard InChI is InChI=1S/C29H44O8/c1-17(13-25(31)32)14-26(33)35-16-36-27(34)37-20-9-11-28(3)19(15-20)5-6-21-23-8-7-22(18(2)30)29(23,4)12-10-24(21)28/h17,19-24H,5-16H2,1-4H3,(H,31,32)/t17?,19-,20+,21-,22+,23-,24-,28-,29+/m0/s1. The highest BCUT2D eigenvalue weighted by molar-refractivity contribution is 5.79. The lowest BCUT2D eigenvalue weighted by atomic mass is 9.44. The number of aliphatic carboxylic acids is 1. The topological polar surface area (TPSA) is 116 Å². The molecule has 0 aromatic heterocycles. The molecule has 4 fully saturated rings. The normalized spacial score (nSPS) is 39.4. The Morgan fingerprint density at radius 1 is 0.892 bits per heavy atom. The van der Waals surface area contributed by atoms with E-state index in [1.54, 1.807) is 13.8 Å². The number of ketones is 1. The summed E-state index contributed by atoms with van der Waals surface area (Å²) in [7, 11) is 0. The van der Waals surface area contributed by atoms with Gasteiger partial charge in [-0.05, 0) is 105 Å². The predicted molar refractivity (Wildman–Crippen MR) is 134 cm³/mol. The van der Waals surface area contributed by atoms with Crippen LogP contribution in [0.2, 0.25) is 0 Å². The van der Waals surface area contributed by atoms with Crippen molar-refractivity contribution in [1.82, 2.24) is 0 Å². The zero-order valence-corrected chi connectivity index (χ0v) is 22.8. The first-order valence-electron chi connectivity index (χ1n) is 14.1. The molecular weight excluding hydrogens is 476 g/mol. The van der Waals surface area contributed by atoms with Crippen molar-refractivity contribution in [3.63, 3.8) is 0 Å². The molecule has 8 heteroatoms. The van der Waals surface area contributed by atoms with Gasteiger partial charge >= 0.3 is 18.1 Å². The number of carboxylic acid groups (broad SMARTS) is 1. The van der Waals surface area contributed by atoms with Crippen LogP contribution in [0, 0.1) is 46.3 Å². The van der Waals surface area contributed by atoms with Gasteiger partial charge in [-0.1, -0.05) is 20.8 Å². The number of carbonyl (C=O) groups excluding carboxylic acids is 3. The highest BCUT2D eigenvalue weighted by atomic mass is 16.8. The molecule has 8 nitrogen and oxygen atoms in total. The highest BCUT2D eigenvalue weighted by Gasteiger charge is 2.61. The fraction of sp³-hybridized carbons (Fsp3) is 0.862. The molecule has 4 saturated carbocycles. The fourth-order valence-corrected chi connectivity index (χ4v) is 9.02. The van der Waals surface area contributed by atoms with Gasteiger partial charge in [0.05, 0.1) is 0 Å². The Balaban J connectivity index is 1.25. The van der Waals surface area contributed by atoms with Crippen molar-refractivity contribution in [2.45, 2.75) is 104 Å². The van der Waals surface area contributed by atoms with E-state index < -0.39 is 24.9 Å². The summed E-state index contributed by atoms with van der Waals surface area (Å²) in [5.41, 5.74) is 0.405. The van der Waals surface area contributed by atoms with Crippen molar-refractivity contribution < 1.29 is 38.5 Å². The van der Waals surface area contributed by atoms with Crippen molar-refractivity contribution in [2.75, 3.05) is 6.79 Å². The molecule has 0 aromatic carbocycles. The maximum Gasteiger partial charge on any atom is 0.511 e. The average Bonchev–Trinajstić information content (AvgIpc) is 3.16. The first-order valence-corrected chi connectivity index (χ1v) is 14.1. The van der Waals surface area contributed by atoms with Crippen LogP contribution >= 0.6 is 0 Å². The van der Waals surface area contributed by atoms with Gasteiger partial charge in [0.2, 0.25) is 6.79 Å². The van der Waals surface area contributed by atoms with E-state index in [9.17, 15) is 19.2 Å². The molecule has 0 radical (unpaired) electrons. The minimum atomic E-state index is -0.973. The van der Waals surface area contributed by atoms with Gasteiger partial charge in [0, 0.05) is 18.8 Å². The van der Waals surface area contributed by atoms with Crippen LogP contribution in [0.1, 0.15) is 98.3 Å². The van der Waals surface area contributed by atoms with Gasteiger partial charge in [-0.25, -0.2) is 4.79 Å². The smallest absolute Gasteiger partial charge is 0.481 e. The van der Waals surface area contributed by atoms with Crippen LogP contribution in [0.4, 0.5) is 4.79 Å². The van der Waals surface area contributed by atoms with Gasteiger partial charge in [-0.3, -0.25) is 14.4 Å².